The summed E-state index contributed by atoms with van der Waals surface area (Å²) < 4.78 is 2.13. The second kappa shape index (κ2) is 4.95. The molecule has 4 rings (SSSR count). The molecule has 0 spiro atoms. The van der Waals surface area contributed by atoms with Gasteiger partial charge in [-0.15, -0.1) is 0 Å². The molecule has 1 aromatic carbocycles. The summed E-state index contributed by atoms with van der Waals surface area (Å²) in [5, 5.41) is 9.32. The highest BCUT2D eigenvalue weighted by Crippen LogP contribution is 2.40. The van der Waals surface area contributed by atoms with E-state index in [0.717, 1.165) is 18.3 Å². The molecule has 1 aliphatic rings. The number of hydrogen-bond donors (Lipinski definition) is 2. The molecule has 1 fully saturated rings. The fourth-order valence-electron chi connectivity index (χ4n) is 3.05. The van der Waals surface area contributed by atoms with Gasteiger partial charge in [0.25, 0.3) is 0 Å². The molecule has 108 valence electrons. The van der Waals surface area contributed by atoms with Crippen molar-refractivity contribution in [2.75, 3.05) is 5.32 Å². The van der Waals surface area contributed by atoms with E-state index in [1.165, 1.54) is 29.3 Å². The molecular weight excluding hydrogens is 260 g/mol. The summed E-state index contributed by atoms with van der Waals surface area (Å²) in [5.74, 6) is 1.92. The maximum absolute atomic E-state index is 4.49. The Labute approximate surface area is 124 Å². The number of rotatable bonds is 5. The van der Waals surface area contributed by atoms with Crippen LogP contribution in [0.2, 0.25) is 0 Å². The molecule has 2 N–H and O–H groups in total. The van der Waals surface area contributed by atoms with Crippen LogP contribution in [-0.4, -0.2) is 14.8 Å². The van der Waals surface area contributed by atoms with Crippen LogP contribution in [0.1, 0.15) is 31.4 Å². The first-order valence-corrected chi connectivity index (χ1v) is 7.65. The van der Waals surface area contributed by atoms with Gasteiger partial charge in [0.1, 0.15) is 5.82 Å². The van der Waals surface area contributed by atoms with E-state index in [1.54, 1.807) is 0 Å². The lowest BCUT2D eigenvalue weighted by molar-refractivity contribution is 0.444. The van der Waals surface area contributed by atoms with Gasteiger partial charge in [0.05, 0.1) is 12.2 Å². The van der Waals surface area contributed by atoms with Crippen molar-refractivity contribution in [2.45, 2.75) is 32.4 Å². The topological polar surface area (TPSA) is 45.6 Å². The standard InChI is InChI=1S/C17H20N4/c1-12(13-5-6-13)21-17(8-10-20-21)19-11-14-3-2-4-16-15(14)7-9-18-16/h2-4,7-10,12-13,18-19H,5-6,11H2,1H3/t12-/m0/s1. The average Bonchev–Trinajstić information content (AvgIpc) is 3.06. The van der Waals surface area contributed by atoms with Crippen LogP contribution in [0.5, 0.6) is 0 Å². The lowest BCUT2D eigenvalue weighted by Crippen LogP contribution is -2.13. The van der Waals surface area contributed by atoms with Crippen molar-refractivity contribution >= 4 is 16.7 Å². The normalized spacial score (nSPS) is 16.2. The van der Waals surface area contributed by atoms with E-state index in [0.29, 0.717) is 6.04 Å². The van der Waals surface area contributed by atoms with Crippen LogP contribution in [0.15, 0.2) is 42.7 Å². The summed E-state index contributed by atoms with van der Waals surface area (Å²) in [7, 11) is 0. The molecule has 4 heteroatoms. The summed E-state index contributed by atoms with van der Waals surface area (Å²) in [5.41, 5.74) is 2.50. The monoisotopic (exact) mass is 280 g/mol. The predicted octanol–water partition coefficient (Wildman–Crippen LogP) is 3.95. The average molecular weight is 280 g/mol. The van der Waals surface area contributed by atoms with Crippen LogP contribution in [0, 0.1) is 5.92 Å². The molecule has 0 aliphatic heterocycles. The third-order valence-electron chi connectivity index (χ3n) is 4.51. The summed E-state index contributed by atoms with van der Waals surface area (Å²) >= 11 is 0. The third kappa shape index (κ3) is 2.31. The molecule has 2 heterocycles. The highest BCUT2D eigenvalue weighted by atomic mass is 15.3. The second-order valence-electron chi connectivity index (χ2n) is 5.95. The number of hydrogen-bond acceptors (Lipinski definition) is 2. The Hall–Kier alpha value is -2.23. The van der Waals surface area contributed by atoms with Gasteiger partial charge in [-0.25, -0.2) is 4.68 Å². The Bertz CT molecular complexity index is 751. The van der Waals surface area contributed by atoms with Gasteiger partial charge in [-0.05, 0) is 43.4 Å². The molecule has 1 saturated carbocycles. The minimum absolute atomic E-state index is 0.491. The van der Waals surface area contributed by atoms with Crippen LogP contribution in [0.4, 0.5) is 5.82 Å². The van der Waals surface area contributed by atoms with Gasteiger partial charge in [0, 0.05) is 29.7 Å². The number of anilines is 1. The zero-order chi connectivity index (χ0) is 14.2. The van der Waals surface area contributed by atoms with Crippen molar-refractivity contribution in [1.82, 2.24) is 14.8 Å². The van der Waals surface area contributed by atoms with E-state index in [-0.39, 0.29) is 0 Å². The lowest BCUT2D eigenvalue weighted by atomic mass is 10.1. The van der Waals surface area contributed by atoms with E-state index < -0.39 is 0 Å². The number of nitrogens with zero attached hydrogens (tertiary/aromatic N) is 2. The Morgan fingerprint density at radius 3 is 3.10 bits per heavy atom. The molecule has 2 aromatic heterocycles. The van der Waals surface area contributed by atoms with Crippen LogP contribution >= 0.6 is 0 Å². The van der Waals surface area contributed by atoms with Gasteiger partial charge in [0.15, 0.2) is 0 Å². The zero-order valence-corrected chi connectivity index (χ0v) is 12.2. The van der Waals surface area contributed by atoms with Crippen molar-refractivity contribution < 1.29 is 0 Å². The molecular formula is C17H20N4. The van der Waals surface area contributed by atoms with Crippen molar-refractivity contribution in [3.8, 4) is 0 Å². The largest absolute Gasteiger partial charge is 0.366 e. The molecule has 0 amide bonds. The third-order valence-corrected chi connectivity index (χ3v) is 4.51. The van der Waals surface area contributed by atoms with E-state index in [2.05, 4.69) is 57.3 Å². The molecule has 3 aromatic rings. The van der Waals surface area contributed by atoms with Gasteiger partial charge in [-0.3, -0.25) is 0 Å². The van der Waals surface area contributed by atoms with Gasteiger partial charge in [-0.1, -0.05) is 12.1 Å². The van der Waals surface area contributed by atoms with Crippen molar-refractivity contribution in [3.05, 3.63) is 48.3 Å². The van der Waals surface area contributed by atoms with Crippen LogP contribution in [-0.2, 0) is 6.54 Å². The Balaban J connectivity index is 1.54. The minimum atomic E-state index is 0.491. The predicted molar refractivity (Wildman–Crippen MR) is 85.3 cm³/mol. The van der Waals surface area contributed by atoms with E-state index in [1.807, 2.05) is 12.4 Å². The Kier molecular flexibility index (Phi) is 2.95. The number of benzene rings is 1. The number of H-pyrrole nitrogens is 1. The number of nitrogens with one attached hydrogen (secondary N) is 2. The van der Waals surface area contributed by atoms with Crippen LogP contribution in [0.25, 0.3) is 10.9 Å². The fraction of sp³-hybridized carbons (Fsp3) is 0.353. The molecule has 4 nitrogen and oxygen atoms in total. The summed E-state index contributed by atoms with van der Waals surface area (Å²) in [6, 6.07) is 11.1. The van der Waals surface area contributed by atoms with Crippen molar-refractivity contribution in [1.29, 1.82) is 0 Å². The number of fused-ring (bicyclic) bond motifs is 1. The highest BCUT2D eigenvalue weighted by molar-refractivity contribution is 5.83. The van der Waals surface area contributed by atoms with Crippen LogP contribution in [0.3, 0.4) is 0 Å². The molecule has 21 heavy (non-hydrogen) atoms. The minimum Gasteiger partial charge on any atom is -0.366 e. The maximum Gasteiger partial charge on any atom is 0.124 e. The molecule has 0 bridgehead atoms. The highest BCUT2D eigenvalue weighted by Gasteiger charge is 2.30. The van der Waals surface area contributed by atoms with Crippen molar-refractivity contribution in [3.63, 3.8) is 0 Å². The quantitative estimate of drug-likeness (QED) is 0.743. The van der Waals surface area contributed by atoms with Gasteiger partial charge in [-0.2, -0.15) is 5.10 Å². The van der Waals surface area contributed by atoms with Gasteiger partial charge >= 0.3 is 0 Å². The molecule has 0 unspecified atom stereocenters. The molecule has 0 saturated heterocycles. The molecule has 1 aliphatic carbocycles. The summed E-state index contributed by atoms with van der Waals surface area (Å²) in [4.78, 5) is 3.26. The Morgan fingerprint density at radius 2 is 2.24 bits per heavy atom. The molecule has 0 radical (unpaired) electrons. The summed E-state index contributed by atoms with van der Waals surface area (Å²) in [6.45, 7) is 3.08. The van der Waals surface area contributed by atoms with E-state index >= 15 is 0 Å². The van der Waals surface area contributed by atoms with Gasteiger partial charge < -0.3 is 10.3 Å². The SMILES string of the molecule is C[C@@H](C1CC1)n1nccc1NCc1cccc2[nH]ccc12. The zero-order valence-electron chi connectivity index (χ0n) is 12.2. The van der Waals surface area contributed by atoms with Crippen LogP contribution < -0.4 is 5.32 Å². The number of aromatic nitrogens is 3. The lowest BCUT2D eigenvalue weighted by Gasteiger charge is -2.16. The summed E-state index contributed by atoms with van der Waals surface area (Å²) in [6.07, 6.45) is 6.55. The number of aromatic amines is 1. The first-order chi connectivity index (χ1) is 10.3. The Morgan fingerprint density at radius 1 is 1.33 bits per heavy atom. The van der Waals surface area contributed by atoms with E-state index in [9.17, 15) is 0 Å². The second-order valence-corrected chi connectivity index (χ2v) is 5.95. The van der Waals surface area contributed by atoms with Crippen molar-refractivity contribution in [2.24, 2.45) is 5.92 Å². The first kappa shape index (κ1) is 12.5. The van der Waals surface area contributed by atoms with E-state index in [4.69, 9.17) is 0 Å². The van der Waals surface area contributed by atoms with Gasteiger partial charge in [0.2, 0.25) is 0 Å². The molecule has 1 atom stereocenters. The fourth-order valence-corrected chi connectivity index (χ4v) is 3.05. The smallest absolute Gasteiger partial charge is 0.124 e. The first-order valence-electron chi connectivity index (χ1n) is 7.65. The maximum atomic E-state index is 4.49.